The number of carbonyl (C=O) groups is 2. The van der Waals surface area contributed by atoms with E-state index in [2.05, 4.69) is 11.2 Å². The molecule has 0 radical (unpaired) electrons. The molecule has 0 saturated heterocycles. The number of nitrogens with zero attached hydrogens (tertiary/aromatic N) is 2. The van der Waals surface area contributed by atoms with Gasteiger partial charge in [0.25, 0.3) is 5.69 Å². The normalized spacial score (nSPS) is 15.5. The molecule has 2 rings (SSSR count). The second-order valence-electron chi connectivity index (χ2n) is 6.31. The zero-order valence-electron chi connectivity index (χ0n) is 16.4. The molecule has 1 unspecified atom stereocenters. The van der Waals surface area contributed by atoms with Crippen molar-refractivity contribution in [3.8, 4) is 18.4 Å². The van der Waals surface area contributed by atoms with Crippen LogP contribution in [0.4, 0.5) is 5.69 Å². The number of nitro groups is 1. The van der Waals surface area contributed by atoms with Gasteiger partial charge >= 0.3 is 11.9 Å². The summed E-state index contributed by atoms with van der Waals surface area (Å²) in [5, 5.41) is 22.9. The first-order valence-corrected chi connectivity index (χ1v) is 8.89. The Labute approximate surface area is 173 Å². The van der Waals surface area contributed by atoms with Gasteiger partial charge in [0.1, 0.15) is 6.61 Å². The predicted molar refractivity (Wildman–Crippen MR) is 105 cm³/mol. The number of carbonyl (C=O) groups excluding carboxylic acids is 2. The first-order valence-electron chi connectivity index (χ1n) is 8.89. The minimum atomic E-state index is -0.981. The van der Waals surface area contributed by atoms with E-state index in [9.17, 15) is 19.7 Å². The van der Waals surface area contributed by atoms with Crippen molar-refractivity contribution in [2.75, 3.05) is 13.2 Å². The second kappa shape index (κ2) is 9.89. The zero-order chi connectivity index (χ0) is 22.3. The average Bonchev–Trinajstić information content (AvgIpc) is 2.71. The fourth-order valence-corrected chi connectivity index (χ4v) is 3.14. The lowest BCUT2D eigenvalue weighted by Crippen LogP contribution is -2.32. The van der Waals surface area contributed by atoms with E-state index < -0.39 is 22.8 Å². The molecule has 1 aliphatic heterocycles. The maximum absolute atomic E-state index is 12.8. The number of nitro benzene ring substituents is 1. The Morgan fingerprint density at radius 2 is 1.87 bits per heavy atom. The van der Waals surface area contributed by atoms with Crippen LogP contribution in [-0.2, 0) is 19.1 Å². The SMILES string of the molecule is C#CCOC(=O)C1=C(C)NC(C)=C(C(=O)OCCC#N)C1c1cccc([N+](=O)[O-])c1. The van der Waals surface area contributed by atoms with Crippen molar-refractivity contribution < 1.29 is 24.0 Å². The summed E-state index contributed by atoms with van der Waals surface area (Å²) >= 11 is 0. The van der Waals surface area contributed by atoms with Crippen molar-refractivity contribution in [1.29, 1.82) is 5.26 Å². The molecule has 0 saturated carbocycles. The van der Waals surface area contributed by atoms with E-state index >= 15 is 0 Å². The molecule has 1 atom stereocenters. The number of nitriles is 1. The number of hydrogen-bond acceptors (Lipinski definition) is 8. The molecule has 1 aliphatic rings. The van der Waals surface area contributed by atoms with Crippen molar-refractivity contribution in [2.45, 2.75) is 26.2 Å². The molecule has 1 N–H and O–H groups in total. The highest BCUT2D eigenvalue weighted by atomic mass is 16.6. The predicted octanol–water partition coefficient (Wildman–Crippen LogP) is 2.46. The van der Waals surface area contributed by atoms with Crippen LogP contribution < -0.4 is 5.32 Å². The molecule has 0 amide bonds. The number of non-ortho nitro benzene ring substituents is 1. The molecule has 154 valence electrons. The van der Waals surface area contributed by atoms with Gasteiger partial charge in [0, 0.05) is 23.5 Å². The van der Waals surface area contributed by atoms with Gasteiger partial charge in [0.15, 0.2) is 6.61 Å². The molecule has 9 nitrogen and oxygen atoms in total. The number of dihydropyridines is 1. The maximum Gasteiger partial charge on any atom is 0.337 e. The maximum atomic E-state index is 12.8. The fourth-order valence-electron chi connectivity index (χ4n) is 3.14. The molecule has 0 bridgehead atoms. The smallest absolute Gasteiger partial charge is 0.337 e. The quantitative estimate of drug-likeness (QED) is 0.239. The lowest BCUT2D eigenvalue weighted by atomic mass is 9.80. The number of nitrogens with one attached hydrogen (secondary N) is 1. The molecule has 0 fully saturated rings. The van der Waals surface area contributed by atoms with Crippen molar-refractivity contribution in [3.63, 3.8) is 0 Å². The summed E-state index contributed by atoms with van der Waals surface area (Å²) < 4.78 is 10.2. The Bertz CT molecular complexity index is 1030. The van der Waals surface area contributed by atoms with E-state index in [-0.39, 0.29) is 36.5 Å². The molecule has 30 heavy (non-hydrogen) atoms. The van der Waals surface area contributed by atoms with E-state index in [1.807, 2.05) is 6.07 Å². The molecule has 1 heterocycles. The molecular formula is C21H19N3O6. The fraction of sp³-hybridized carbons (Fsp3) is 0.286. The molecule has 9 heteroatoms. The zero-order valence-corrected chi connectivity index (χ0v) is 16.4. The van der Waals surface area contributed by atoms with Crippen LogP contribution in [-0.4, -0.2) is 30.1 Å². The summed E-state index contributed by atoms with van der Waals surface area (Å²) in [6, 6.07) is 7.49. The van der Waals surface area contributed by atoms with Crippen LogP contribution in [0, 0.1) is 33.8 Å². The number of terminal acetylenes is 1. The number of allylic oxidation sites excluding steroid dienone is 2. The third-order valence-corrected chi connectivity index (χ3v) is 4.35. The Balaban J connectivity index is 2.61. The van der Waals surface area contributed by atoms with Crippen LogP contribution in [0.3, 0.4) is 0 Å². The van der Waals surface area contributed by atoms with Crippen molar-refractivity contribution in [2.24, 2.45) is 0 Å². The second-order valence-corrected chi connectivity index (χ2v) is 6.31. The molecule has 1 aromatic carbocycles. The average molecular weight is 409 g/mol. The molecule has 1 aromatic rings. The van der Waals surface area contributed by atoms with Crippen LogP contribution in [0.5, 0.6) is 0 Å². The highest BCUT2D eigenvalue weighted by Gasteiger charge is 2.38. The summed E-state index contributed by atoms with van der Waals surface area (Å²) in [5.41, 5.74) is 1.15. The van der Waals surface area contributed by atoms with Gasteiger partial charge in [0.2, 0.25) is 0 Å². The van der Waals surface area contributed by atoms with Crippen molar-refractivity contribution in [1.82, 2.24) is 5.32 Å². The van der Waals surface area contributed by atoms with Crippen LogP contribution in [0.1, 0.15) is 31.7 Å². The van der Waals surface area contributed by atoms with Gasteiger partial charge in [-0.1, -0.05) is 18.1 Å². The topological polar surface area (TPSA) is 132 Å². The van der Waals surface area contributed by atoms with Crippen LogP contribution in [0.25, 0.3) is 0 Å². The van der Waals surface area contributed by atoms with E-state index in [4.69, 9.17) is 21.2 Å². The van der Waals surface area contributed by atoms with Crippen LogP contribution in [0.2, 0.25) is 0 Å². The van der Waals surface area contributed by atoms with Crippen molar-refractivity contribution >= 4 is 17.6 Å². The number of rotatable bonds is 7. The van der Waals surface area contributed by atoms with Crippen LogP contribution in [0.15, 0.2) is 46.8 Å². The van der Waals surface area contributed by atoms with Crippen molar-refractivity contribution in [3.05, 3.63) is 62.5 Å². The van der Waals surface area contributed by atoms with Crippen LogP contribution >= 0.6 is 0 Å². The third-order valence-electron chi connectivity index (χ3n) is 4.35. The minimum absolute atomic E-state index is 0.00108. The monoisotopic (exact) mass is 409 g/mol. The first-order chi connectivity index (χ1) is 14.3. The lowest BCUT2D eigenvalue weighted by molar-refractivity contribution is -0.384. The molecule has 0 aliphatic carbocycles. The molecule has 0 spiro atoms. The van der Waals surface area contributed by atoms with Gasteiger partial charge in [-0.25, -0.2) is 9.59 Å². The van der Waals surface area contributed by atoms with Gasteiger partial charge in [-0.15, -0.1) is 6.42 Å². The summed E-state index contributed by atoms with van der Waals surface area (Å²) in [5.74, 6) is -0.290. The van der Waals surface area contributed by atoms with E-state index in [0.29, 0.717) is 17.0 Å². The largest absolute Gasteiger partial charge is 0.461 e. The van der Waals surface area contributed by atoms with Gasteiger partial charge in [-0.2, -0.15) is 5.26 Å². The molecular weight excluding hydrogens is 390 g/mol. The Morgan fingerprint density at radius 1 is 1.23 bits per heavy atom. The van der Waals surface area contributed by atoms with E-state index in [0.717, 1.165) is 0 Å². The summed E-state index contributed by atoms with van der Waals surface area (Å²) in [4.78, 5) is 36.2. The summed E-state index contributed by atoms with van der Waals surface area (Å²) in [6.07, 6.45) is 5.16. The first kappa shape index (κ1) is 22.2. The standard InChI is InChI=1S/C21H19N3O6/c1-4-10-29-20(25)17-13(2)23-14(3)18(21(26)30-11-6-9-22)19(17)15-7-5-8-16(12-15)24(27)28/h1,5,7-8,12,19,23H,6,10-11H2,2-3H3. The summed E-state index contributed by atoms with van der Waals surface area (Å²) in [7, 11) is 0. The highest BCUT2D eigenvalue weighted by Crippen LogP contribution is 2.40. The number of benzene rings is 1. The Kier molecular flexibility index (Phi) is 7.32. The van der Waals surface area contributed by atoms with Gasteiger partial charge in [-0.3, -0.25) is 10.1 Å². The number of hydrogen-bond donors (Lipinski definition) is 1. The number of esters is 2. The molecule has 0 aromatic heterocycles. The minimum Gasteiger partial charge on any atom is -0.461 e. The third kappa shape index (κ3) is 4.83. The highest BCUT2D eigenvalue weighted by molar-refractivity contribution is 6.00. The van der Waals surface area contributed by atoms with Gasteiger partial charge in [-0.05, 0) is 19.4 Å². The van der Waals surface area contributed by atoms with E-state index in [1.165, 1.54) is 18.2 Å². The Morgan fingerprint density at radius 3 is 2.43 bits per heavy atom. The Hall–Kier alpha value is -4.11. The van der Waals surface area contributed by atoms with E-state index in [1.54, 1.807) is 19.9 Å². The van der Waals surface area contributed by atoms with Gasteiger partial charge < -0.3 is 14.8 Å². The van der Waals surface area contributed by atoms with Gasteiger partial charge in [0.05, 0.1) is 34.5 Å². The lowest BCUT2D eigenvalue weighted by Gasteiger charge is -2.30. The number of ether oxygens (including phenoxy) is 2. The summed E-state index contributed by atoms with van der Waals surface area (Å²) in [6.45, 7) is 2.84.